The van der Waals surface area contributed by atoms with Crippen molar-refractivity contribution in [2.45, 2.75) is 17.7 Å². The zero-order valence-electron chi connectivity index (χ0n) is 10.3. The van der Waals surface area contributed by atoms with Crippen molar-refractivity contribution in [2.24, 2.45) is 0 Å². The van der Waals surface area contributed by atoms with Crippen molar-refractivity contribution in [1.82, 2.24) is 4.31 Å². The maximum atomic E-state index is 12.3. The van der Waals surface area contributed by atoms with Crippen LogP contribution in [0.15, 0.2) is 29.2 Å². The summed E-state index contributed by atoms with van der Waals surface area (Å²) in [6.45, 7) is 5.59. The fourth-order valence-corrected chi connectivity index (χ4v) is 3.38. The van der Waals surface area contributed by atoms with E-state index in [1.54, 1.807) is 12.1 Å². The number of rotatable bonds is 4. The van der Waals surface area contributed by atoms with Gasteiger partial charge in [-0.15, -0.1) is 0 Å². The maximum Gasteiger partial charge on any atom is 0.243 e. The number of benzene rings is 1. The largest absolute Gasteiger partial charge is 0.379 e. The highest BCUT2D eigenvalue weighted by molar-refractivity contribution is 7.89. The van der Waals surface area contributed by atoms with Gasteiger partial charge in [-0.25, -0.2) is 8.42 Å². The predicted molar refractivity (Wildman–Crippen MR) is 69.7 cm³/mol. The Bertz CT molecular complexity index is 475. The summed E-state index contributed by atoms with van der Waals surface area (Å²) in [6, 6.07) is 7.07. The van der Waals surface area contributed by atoms with Crippen molar-refractivity contribution < 1.29 is 13.2 Å². The molecule has 5 heteroatoms. The molecule has 1 aromatic carbocycles. The summed E-state index contributed by atoms with van der Waals surface area (Å²) in [7, 11) is -3.36. The molecule has 0 atom stereocenters. The van der Waals surface area contributed by atoms with Crippen molar-refractivity contribution >= 4 is 10.0 Å². The highest BCUT2D eigenvalue weighted by Gasteiger charge is 2.25. The van der Waals surface area contributed by atoms with E-state index in [0.29, 0.717) is 31.2 Å². The van der Waals surface area contributed by atoms with Crippen LogP contribution in [0.4, 0.5) is 0 Å². The molecule has 0 aliphatic carbocycles. The normalized spacial score (nSPS) is 17.8. The van der Waals surface area contributed by atoms with E-state index in [9.17, 15) is 8.42 Å². The number of hydrogen-bond donors (Lipinski definition) is 0. The molecule has 1 radical (unpaired) electrons. The maximum absolute atomic E-state index is 12.3. The standard InChI is InChI=1S/C13H18NO3S/c1-2-3-12-4-6-13(7-5-12)18(15,16)14-8-10-17-11-9-14/h4-7H,1-3,8-11H2. The molecular weight excluding hydrogens is 250 g/mol. The smallest absolute Gasteiger partial charge is 0.243 e. The van der Waals surface area contributed by atoms with E-state index in [0.717, 1.165) is 18.4 Å². The summed E-state index contributed by atoms with van der Waals surface area (Å²) in [4.78, 5) is 0.359. The van der Waals surface area contributed by atoms with Crippen LogP contribution in [0.25, 0.3) is 0 Å². The molecule has 0 spiro atoms. The quantitative estimate of drug-likeness (QED) is 0.831. The second kappa shape index (κ2) is 5.82. The molecule has 1 aliphatic rings. The molecule has 4 nitrogen and oxygen atoms in total. The van der Waals surface area contributed by atoms with Gasteiger partial charge < -0.3 is 4.74 Å². The Morgan fingerprint density at radius 3 is 2.33 bits per heavy atom. The highest BCUT2D eigenvalue weighted by Crippen LogP contribution is 2.18. The van der Waals surface area contributed by atoms with E-state index < -0.39 is 10.0 Å². The minimum atomic E-state index is -3.36. The molecule has 1 aliphatic heterocycles. The molecule has 0 unspecified atom stereocenters. The van der Waals surface area contributed by atoms with Crippen molar-refractivity contribution in [3.63, 3.8) is 0 Å². The lowest BCUT2D eigenvalue weighted by Gasteiger charge is -2.26. The third-order valence-electron chi connectivity index (χ3n) is 3.00. The molecule has 99 valence electrons. The third kappa shape index (κ3) is 2.91. The second-order valence-electron chi connectivity index (χ2n) is 4.26. The first-order valence-electron chi connectivity index (χ1n) is 6.10. The number of nitrogens with zero attached hydrogens (tertiary/aromatic N) is 1. The van der Waals surface area contributed by atoms with Gasteiger partial charge in [0.05, 0.1) is 18.1 Å². The van der Waals surface area contributed by atoms with Crippen LogP contribution in [0.1, 0.15) is 12.0 Å². The van der Waals surface area contributed by atoms with Gasteiger partial charge >= 0.3 is 0 Å². The fraction of sp³-hybridized carbons (Fsp3) is 0.462. The van der Waals surface area contributed by atoms with E-state index in [-0.39, 0.29) is 0 Å². The molecule has 0 saturated carbocycles. The number of aryl methyl sites for hydroxylation is 1. The molecule has 1 heterocycles. The van der Waals surface area contributed by atoms with E-state index >= 15 is 0 Å². The molecule has 0 N–H and O–H groups in total. The van der Waals surface area contributed by atoms with Gasteiger partial charge in [0.25, 0.3) is 0 Å². The first-order chi connectivity index (χ1) is 8.64. The van der Waals surface area contributed by atoms with Gasteiger partial charge in [-0.1, -0.05) is 19.1 Å². The molecule has 1 aromatic rings. The molecule has 0 bridgehead atoms. The Hall–Kier alpha value is -0.910. The minimum absolute atomic E-state index is 0.359. The summed E-state index contributed by atoms with van der Waals surface area (Å²) in [6.07, 6.45) is 1.69. The van der Waals surface area contributed by atoms with Crippen LogP contribution >= 0.6 is 0 Å². The zero-order chi connectivity index (χ0) is 13.0. The molecule has 1 fully saturated rings. The zero-order valence-corrected chi connectivity index (χ0v) is 11.2. The van der Waals surface area contributed by atoms with E-state index in [4.69, 9.17) is 4.74 Å². The third-order valence-corrected chi connectivity index (χ3v) is 4.91. The van der Waals surface area contributed by atoms with Crippen molar-refractivity contribution in [3.05, 3.63) is 36.8 Å². The topological polar surface area (TPSA) is 46.6 Å². The van der Waals surface area contributed by atoms with E-state index in [1.807, 2.05) is 12.1 Å². The fourth-order valence-electron chi connectivity index (χ4n) is 1.97. The molecule has 2 rings (SSSR count). The van der Waals surface area contributed by atoms with Crippen molar-refractivity contribution in [2.75, 3.05) is 26.3 Å². The van der Waals surface area contributed by atoms with Crippen LogP contribution in [0.2, 0.25) is 0 Å². The summed E-state index contributed by atoms with van der Waals surface area (Å²) in [5.41, 5.74) is 1.12. The van der Waals surface area contributed by atoms with Gasteiger partial charge in [0.2, 0.25) is 10.0 Å². The van der Waals surface area contributed by atoms with E-state index in [1.165, 1.54) is 4.31 Å². The van der Waals surface area contributed by atoms with Crippen LogP contribution < -0.4 is 0 Å². The van der Waals surface area contributed by atoms with Crippen molar-refractivity contribution in [1.29, 1.82) is 0 Å². The monoisotopic (exact) mass is 268 g/mol. The van der Waals surface area contributed by atoms with Gasteiger partial charge in [0.15, 0.2) is 0 Å². The second-order valence-corrected chi connectivity index (χ2v) is 6.20. The number of sulfonamides is 1. The number of ether oxygens (including phenoxy) is 1. The van der Waals surface area contributed by atoms with Gasteiger partial charge in [0.1, 0.15) is 0 Å². The summed E-state index contributed by atoms with van der Waals surface area (Å²) in [5, 5.41) is 0. The molecular formula is C13H18NO3S. The van der Waals surface area contributed by atoms with Gasteiger partial charge in [0, 0.05) is 13.1 Å². The van der Waals surface area contributed by atoms with Gasteiger partial charge in [-0.3, -0.25) is 0 Å². The Labute approximate surface area is 109 Å². The molecule has 1 saturated heterocycles. The summed E-state index contributed by atoms with van der Waals surface area (Å²) in [5.74, 6) is 0. The van der Waals surface area contributed by atoms with Crippen LogP contribution in [-0.2, 0) is 21.2 Å². The molecule has 18 heavy (non-hydrogen) atoms. The predicted octanol–water partition coefficient (Wildman–Crippen LogP) is 1.47. The summed E-state index contributed by atoms with van der Waals surface area (Å²) >= 11 is 0. The SMILES string of the molecule is [CH2]CCc1ccc(S(=O)(=O)N2CCOCC2)cc1. The average molecular weight is 268 g/mol. The Morgan fingerprint density at radius 1 is 1.17 bits per heavy atom. The lowest BCUT2D eigenvalue weighted by atomic mass is 10.1. The van der Waals surface area contributed by atoms with Crippen LogP contribution in [0.3, 0.4) is 0 Å². The van der Waals surface area contributed by atoms with Crippen LogP contribution in [0, 0.1) is 6.92 Å². The Kier molecular flexibility index (Phi) is 4.37. The first-order valence-corrected chi connectivity index (χ1v) is 7.54. The first kappa shape index (κ1) is 13.5. The average Bonchev–Trinajstić information content (AvgIpc) is 2.41. The van der Waals surface area contributed by atoms with Crippen LogP contribution in [-0.4, -0.2) is 39.0 Å². The number of hydrogen-bond acceptors (Lipinski definition) is 3. The van der Waals surface area contributed by atoms with E-state index in [2.05, 4.69) is 6.92 Å². The minimum Gasteiger partial charge on any atom is -0.379 e. The van der Waals surface area contributed by atoms with Gasteiger partial charge in [-0.05, 0) is 30.5 Å². The van der Waals surface area contributed by atoms with Crippen molar-refractivity contribution in [3.8, 4) is 0 Å². The lowest BCUT2D eigenvalue weighted by Crippen LogP contribution is -2.40. The molecule has 0 aromatic heterocycles. The lowest BCUT2D eigenvalue weighted by molar-refractivity contribution is 0.0730. The Balaban J connectivity index is 2.18. The number of morpholine rings is 1. The van der Waals surface area contributed by atoms with Gasteiger partial charge in [-0.2, -0.15) is 4.31 Å². The summed E-state index contributed by atoms with van der Waals surface area (Å²) < 4.78 is 31.3. The Morgan fingerprint density at radius 2 is 1.78 bits per heavy atom. The highest BCUT2D eigenvalue weighted by atomic mass is 32.2. The van der Waals surface area contributed by atoms with Crippen LogP contribution in [0.5, 0.6) is 0 Å². The molecule has 0 amide bonds.